The summed E-state index contributed by atoms with van der Waals surface area (Å²) in [6, 6.07) is 4.46. The Kier molecular flexibility index (Phi) is 5.15. The number of hydrogen-bond donors (Lipinski definition) is 3. The van der Waals surface area contributed by atoms with Gasteiger partial charge in [-0.2, -0.15) is 0 Å². The molecule has 2 heterocycles. The van der Waals surface area contributed by atoms with E-state index in [4.69, 9.17) is 0 Å². The molecule has 8 heteroatoms. The van der Waals surface area contributed by atoms with Gasteiger partial charge in [0, 0.05) is 25.6 Å². The van der Waals surface area contributed by atoms with Gasteiger partial charge in [-0.05, 0) is 32.0 Å². The molecule has 0 aromatic heterocycles. The highest BCUT2D eigenvalue weighted by Gasteiger charge is 2.45. The van der Waals surface area contributed by atoms with E-state index in [9.17, 15) is 19.2 Å². The van der Waals surface area contributed by atoms with Gasteiger partial charge in [0.2, 0.25) is 11.8 Å². The number of carbonyl (C=O) groups is 4. The van der Waals surface area contributed by atoms with Crippen LogP contribution in [-0.4, -0.2) is 54.2 Å². The van der Waals surface area contributed by atoms with Crippen molar-refractivity contribution in [3.63, 3.8) is 0 Å². The number of imide groups is 2. The summed E-state index contributed by atoms with van der Waals surface area (Å²) in [6.45, 7) is 3.18. The molecule has 2 atom stereocenters. The molecule has 0 aliphatic carbocycles. The first-order chi connectivity index (χ1) is 12.4. The number of benzene rings is 1. The number of nitrogens with one attached hydrogen (secondary N) is 3. The summed E-state index contributed by atoms with van der Waals surface area (Å²) in [4.78, 5) is 50.1. The Morgan fingerprint density at radius 2 is 2.00 bits per heavy atom. The number of amides is 4. The van der Waals surface area contributed by atoms with E-state index in [1.807, 2.05) is 14.0 Å². The van der Waals surface area contributed by atoms with Gasteiger partial charge in [-0.25, -0.2) is 0 Å². The van der Waals surface area contributed by atoms with Crippen molar-refractivity contribution < 1.29 is 19.2 Å². The first-order valence-electron chi connectivity index (χ1n) is 8.65. The molecule has 0 radical (unpaired) electrons. The molecule has 1 aromatic carbocycles. The lowest BCUT2D eigenvalue weighted by Gasteiger charge is -2.27. The molecule has 3 N–H and O–H groups in total. The molecular formula is C18H22N4O4. The van der Waals surface area contributed by atoms with E-state index in [1.165, 1.54) is 0 Å². The van der Waals surface area contributed by atoms with Crippen molar-refractivity contribution in [2.24, 2.45) is 0 Å². The molecular weight excluding hydrogens is 336 g/mol. The Morgan fingerprint density at radius 1 is 1.23 bits per heavy atom. The predicted molar refractivity (Wildman–Crippen MR) is 93.3 cm³/mol. The number of hydrogen-bond acceptors (Lipinski definition) is 6. The molecule has 0 bridgehead atoms. The summed E-state index contributed by atoms with van der Waals surface area (Å²) in [5.74, 6) is -1.94. The summed E-state index contributed by atoms with van der Waals surface area (Å²) in [7, 11) is 1.87. The minimum absolute atomic E-state index is 0.111. The van der Waals surface area contributed by atoms with E-state index < -0.39 is 23.8 Å². The van der Waals surface area contributed by atoms with Crippen LogP contribution in [0.1, 0.15) is 46.0 Å². The summed E-state index contributed by atoms with van der Waals surface area (Å²) in [5.41, 5.74) is 1.37. The van der Waals surface area contributed by atoms with Crippen LogP contribution in [0, 0.1) is 0 Å². The van der Waals surface area contributed by atoms with Crippen LogP contribution in [0.25, 0.3) is 0 Å². The minimum Gasteiger partial charge on any atom is -0.316 e. The third-order valence-corrected chi connectivity index (χ3v) is 4.81. The normalized spacial score (nSPS) is 21.0. The van der Waals surface area contributed by atoms with Gasteiger partial charge in [0.25, 0.3) is 11.8 Å². The molecule has 1 aromatic rings. The highest BCUT2D eigenvalue weighted by atomic mass is 16.2. The van der Waals surface area contributed by atoms with Crippen molar-refractivity contribution in [1.29, 1.82) is 0 Å². The molecule has 1 unspecified atom stereocenters. The number of rotatable bonds is 6. The van der Waals surface area contributed by atoms with Gasteiger partial charge in [0.15, 0.2) is 0 Å². The van der Waals surface area contributed by atoms with Crippen molar-refractivity contribution >= 4 is 23.6 Å². The maximum absolute atomic E-state index is 12.9. The van der Waals surface area contributed by atoms with Crippen molar-refractivity contribution in [3.05, 3.63) is 34.9 Å². The third kappa shape index (κ3) is 3.25. The van der Waals surface area contributed by atoms with Gasteiger partial charge in [-0.15, -0.1) is 0 Å². The first-order valence-corrected chi connectivity index (χ1v) is 8.65. The van der Waals surface area contributed by atoms with E-state index in [1.54, 1.807) is 18.2 Å². The fourth-order valence-electron chi connectivity index (χ4n) is 3.26. The monoisotopic (exact) mass is 358 g/mol. The van der Waals surface area contributed by atoms with Crippen LogP contribution in [0.2, 0.25) is 0 Å². The van der Waals surface area contributed by atoms with E-state index in [2.05, 4.69) is 16.0 Å². The highest BCUT2D eigenvalue weighted by Crippen LogP contribution is 2.29. The maximum Gasteiger partial charge on any atom is 0.262 e. The number of fused-ring (bicyclic) bond motifs is 1. The third-order valence-electron chi connectivity index (χ3n) is 4.81. The average molecular weight is 358 g/mol. The average Bonchev–Trinajstić information content (AvgIpc) is 2.87. The van der Waals surface area contributed by atoms with E-state index in [-0.39, 0.29) is 24.8 Å². The smallest absolute Gasteiger partial charge is 0.262 e. The van der Waals surface area contributed by atoms with Crippen molar-refractivity contribution in [1.82, 2.24) is 20.9 Å². The molecule has 1 fully saturated rings. The van der Waals surface area contributed by atoms with Crippen LogP contribution in [0.15, 0.2) is 18.2 Å². The Balaban J connectivity index is 1.82. The standard InChI is InChI=1S/C18H22N4O4/c1-10(19-2)8-20-9-11-4-3-5-12-15(11)18(26)22(17(12)25)13-6-7-14(23)21-16(13)24/h3-5,10,13,19-20H,6-9H2,1-2H3,(H,21,23,24)/t10-,13?/m0/s1. The molecule has 2 aliphatic rings. The second kappa shape index (κ2) is 7.35. The van der Waals surface area contributed by atoms with Crippen LogP contribution in [-0.2, 0) is 16.1 Å². The summed E-state index contributed by atoms with van der Waals surface area (Å²) < 4.78 is 0. The number of nitrogens with zero attached hydrogens (tertiary/aromatic N) is 1. The molecule has 3 rings (SSSR count). The second-order valence-corrected chi connectivity index (χ2v) is 6.61. The zero-order valence-electron chi connectivity index (χ0n) is 14.8. The summed E-state index contributed by atoms with van der Waals surface area (Å²) in [6.07, 6.45) is 0.267. The fraction of sp³-hybridized carbons (Fsp3) is 0.444. The Bertz CT molecular complexity index is 776. The first kappa shape index (κ1) is 18.2. The fourth-order valence-corrected chi connectivity index (χ4v) is 3.26. The number of likely N-dealkylation sites (N-methyl/N-ethyl adjacent to an activating group) is 1. The van der Waals surface area contributed by atoms with Crippen molar-refractivity contribution in [2.75, 3.05) is 13.6 Å². The Hall–Kier alpha value is -2.58. The SMILES string of the molecule is CN[C@@H](C)CNCc1cccc2c1C(=O)N(C1CCC(=O)NC1=O)C2=O. The van der Waals surface area contributed by atoms with Crippen LogP contribution in [0.5, 0.6) is 0 Å². The van der Waals surface area contributed by atoms with Crippen LogP contribution in [0.3, 0.4) is 0 Å². The molecule has 8 nitrogen and oxygen atoms in total. The van der Waals surface area contributed by atoms with Crippen LogP contribution < -0.4 is 16.0 Å². The maximum atomic E-state index is 12.9. The lowest BCUT2D eigenvalue weighted by Crippen LogP contribution is -2.54. The van der Waals surface area contributed by atoms with Gasteiger partial charge >= 0.3 is 0 Å². The largest absolute Gasteiger partial charge is 0.316 e. The molecule has 26 heavy (non-hydrogen) atoms. The lowest BCUT2D eigenvalue weighted by atomic mass is 10.0. The summed E-state index contributed by atoms with van der Waals surface area (Å²) in [5, 5.41) is 8.57. The predicted octanol–water partition coefficient (Wildman–Crippen LogP) is -0.215. The second-order valence-electron chi connectivity index (χ2n) is 6.61. The number of carbonyl (C=O) groups excluding carboxylic acids is 4. The van der Waals surface area contributed by atoms with Gasteiger partial charge in [-0.3, -0.25) is 29.4 Å². The Labute approximate surface area is 151 Å². The van der Waals surface area contributed by atoms with Crippen LogP contribution >= 0.6 is 0 Å². The zero-order chi connectivity index (χ0) is 18.8. The molecule has 0 saturated carbocycles. The molecule has 0 spiro atoms. The molecule has 4 amide bonds. The lowest BCUT2D eigenvalue weighted by molar-refractivity contribution is -0.136. The van der Waals surface area contributed by atoms with Gasteiger partial charge < -0.3 is 10.6 Å². The van der Waals surface area contributed by atoms with Gasteiger partial charge in [-0.1, -0.05) is 12.1 Å². The van der Waals surface area contributed by atoms with E-state index >= 15 is 0 Å². The molecule has 2 aliphatic heterocycles. The van der Waals surface area contributed by atoms with E-state index in [0.717, 1.165) is 10.5 Å². The Morgan fingerprint density at radius 3 is 2.69 bits per heavy atom. The van der Waals surface area contributed by atoms with Crippen molar-refractivity contribution in [2.45, 2.75) is 38.4 Å². The molecule has 138 valence electrons. The van der Waals surface area contributed by atoms with Gasteiger partial charge in [0.1, 0.15) is 6.04 Å². The minimum atomic E-state index is -0.940. The zero-order valence-corrected chi connectivity index (χ0v) is 14.8. The molecule has 1 saturated heterocycles. The topological polar surface area (TPSA) is 108 Å². The van der Waals surface area contributed by atoms with E-state index in [0.29, 0.717) is 24.2 Å². The quantitative estimate of drug-likeness (QED) is 0.607. The van der Waals surface area contributed by atoms with Crippen molar-refractivity contribution in [3.8, 4) is 0 Å². The summed E-state index contributed by atoms with van der Waals surface area (Å²) >= 11 is 0. The highest BCUT2D eigenvalue weighted by molar-refractivity contribution is 6.24. The van der Waals surface area contributed by atoms with Gasteiger partial charge in [0.05, 0.1) is 11.1 Å². The number of piperidine rings is 1. The van der Waals surface area contributed by atoms with Crippen LogP contribution in [0.4, 0.5) is 0 Å².